The van der Waals surface area contributed by atoms with E-state index < -0.39 is 0 Å². The minimum atomic E-state index is 0.177. The van der Waals surface area contributed by atoms with Crippen LogP contribution in [0.1, 0.15) is 0 Å². The van der Waals surface area contributed by atoms with Gasteiger partial charge >= 0.3 is 0 Å². The smallest absolute Gasteiger partial charge is 0.232 e. The molecule has 516 valence electrons. The quantitative estimate of drug-likeness (QED) is 0.155. The van der Waals surface area contributed by atoms with E-state index in [2.05, 4.69) is 295 Å². The van der Waals surface area contributed by atoms with Gasteiger partial charge in [-0.15, -0.1) is 45.3 Å². The number of para-hydroxylation sites is 1. The largest absolute Gasteiger partial charge is 0.438 e. The van der Waals surface area contributed by atoms with Crippen molar-refractivity contribution in [2.24, 2.45) is 0 Å². The van der Waals surface area contributed by atoms with Crippen molar-refractivity contribution < 1.29 is 4.42 Å². The first kappa shape index (κ1) is 66.7. The fraction of sp³-hybridized carbons (Fsp3) is 0. The van der Waals surface area contributed by atoms with Gasteiger partial charge in [-0.05, 0) is 149 Å². The zero-order valence-electron chi connectivity index (χ0n) is 57.0. The summed E-state index contributed by atoms with van der Waals surface area (Å²) in [6.45, 7) is 0. The molecule has 0 aliphatic heterocycles. The van der Waals surface area contributed by atoms with Crippen molar-refractivity contribution in [3.05, 3.63) is 324 Å². The number of furan rings is 1. The Morgan fingerprint density at radius 1 is 0.220 bits per heavy atom. The summed E-state index contributed by atoms with van der Waals surface area (Å²) in [6.07, 6.45) is 0. The maximum atomic E-state index is 6.32. The first-order chi connectivity index (χ1) is 53.6. The Balaban J connectivity index is 0.0000000957. The molecule has 23 aromatic rings. The van der Waals surface area contributed by atoms with Crippen LogP contribution in [0.5, 0.6) is 0 Å². The van der Waals surface area contributed by atoms with Crippen molar-refractivity contribution in [2.45, 2.75) is 0 Å². The third-order valence-electron chi connectivity index (χ3n) is 19.8. The Labute approximate surface area is 657 Å². The molecule has 0 atom stereocenters. The van der Waals surface area contributed by atoms with E-state index in [9.17, 15) is 0 Å². The molecule has 109 heavy (non-hydrogen) atoms. The van der Waals surface area contributed by atoms with Gasteiger partial charge in [-0.2, -0.15) is 4.98 Å². The molecule has 0 radical (unpaired) electrons. The van der Waals surface area contributed by atoms with E-state index in [1.807, 2.05) is 59.9 Å². The van der Waals surface area contributed by atoms with Crippen LogP contribution in [-0.4, -0.2) is 39.9 Å². The second-order valence-corrected chi connectivity index (χ2v) is 31.7. The highest BCUT2D eigenvalue weighted by molar-refractivity contribution is 7.27. The van der Waals surface area contributed by atoms with E-state index in [-0.39, 0.29) is 15.9 Å². The number of hydrogen-bond donors (Lipinski definition) is 0. The molecule has 0 aliphatic carbocycles. The van der Waals surface area contributed by atoms with Crippen molar-refractivity contribution in [3.63, 3.8) is 0 Å². The van der Waals surface area contributed by atoms with Crippen LogP contribution in [0.25, 0.3) is 202 Å². The normalized spacial score (nSPS) is 11.7. The molecule has 9 heterocycles. The lowest BCUT2D eigenvalue weighted by molar-refractivity contribution is 0.653. The monoisotopic (exact) mass is 1550 g/mol. The van der Waals surface area contributed by atoms with Crippen LogP contribution in [0.2, 0.25) is 21.1 Å². The lowest BCUT2D eigenvalue weighted by atomic mass is 9.98. The van der Waals surface area contributed by atoms with Crippen molar-refractivity contribution in [3.8, 4) is 56.2 Å². The molecule has 14 aromatic carbocycles. The zero-order chi connectivity index (χ0) is 72.8. The van der Waals surface area contributed by atoms with Gasteiger partial charge in [-0.1, -0.05) is 255 Å². The number of fused-ring (bicyclic) bond motifs is 21. The number of aromatic nitrogens is 8. The Hall–Kier alpha value is -11.7. The van der Waals surface area contributed by atoms with Crippen molar-refractivity contribution in [1.82, 2.24) is 39.9 Å². The summed E-state index contributed by atoms with van der Waals surface area (Å²) >= 11 is 31.8. The van der Waals surface area contributed by atoms with Gasteiger partial charge < -0.3 is 4.42 Å². The molecule has 17 heteroatoms. The first-order valence-electron chi connectivity index (χ1n) is 34.9. The molecule has 0 fully saturated rings. The van der Waals surface area contributed by atoms with Crippen LogP contribution in [0, 0.1) is 0 Å². The SMILES string of the molecule is Clc1nc(-c2ccc3c(c2)sc2ccccc23)c2c(n1)sc1ccccc12.Clc1nc(-c2ccc3cc(-c4ccccc4)ccc3c2)c2c(n1)oc1ccccc12.Clc1nc(-c2ccc3ccccc3c2)c2c(n1)sc1c3ccccc3ccc12.Clc1nc(-c2ccccc2)c2c(n1)sc1ccc3ccccc3c12. The predicted molar refractivity (Wildman–Crippen MR) is 464 cm³/mol. The summed E-state index contributed by atoms with van der Waals surface area (Å²) in [6, 6.07) is 105. The number of thiophene rings is 4. The second-order valence-electron chi connectivity index (χ2n) is 26.2. The molecule has 9 aromatic heterocycles. The van der Waals surface area contributed by atoms with Gasteiger partial charge in [0, 0.05) is 94.2 Å². The van der Waals surface area contributed by atoms with Gasteiger partial charge in [-0.25, -0.2) is 34.9 Å². The summed E-state index contributed by atoms with van der Waals surface area (Å²) in [5.74, 6) is 0. The molecule has 0 unspecified atom stereocenters. The van der Waals surface area contributed by atoms with Gasteiger partial charge in [-0.3, -0.25) is 0 Å². The lowest BCUT2D eigenvalue weighted by Crippen LogP contribution is -1.90. The Kier molecular flexibility index (Phi) is 17.0. The molecule has 0 N–H and O–H groups in total. The molecule has 0 saturated carbocycles. The molecule has 0 aliphatic rings. The highest BCUT2D eigenvalue weighted by Crippen LogP contribution is 2.47. The van der Waals surface area contributed by atoms with Crippen molar-refractivity contribution in [1.29, 1.82) is 0 Å². The molecular formula is C92H50Cl4N8OS4. The van der Waals surface area contributed by atoms with Gasteiger partial charge in [0.15, 0.2) is 0 Å². The number of halogens is 4. The van der Waals surface area contributed by atoms with E-state index in [0.29, 0.717) is 11.0 Å². The maximum Gasteiger partial charge on any atom is 0.232 e. The summed E-state index contributed by atoms with van der Waals surface area (Å²) in [5.41, 5.74) is 11.3. The minimum Gasteiger partial charge on any atom is -0.438 e. The summed E-state index contributed by atoms with van der Waals surface area (Å²) in [4.78, 5) is 39.0. The lowest BCUT2D eigenvalue weighted by Gasteiger charge is -2.08. The summed E-state index contributed by atoms with van der Waals surface area (Å²) < 4.78 is 12.1. The second kappa shape index (κ2) is 27.8. The molecule has 0 saturated heterocycles. The van der Waals surface area contributed by atoms with Crippen molar-refractivity contribution in [2.75, 3.05) is 0 Å². The van der Waals surface area contributed by atoms with Gasteiger partial charge in [0.25, 0.3) is 0 Å². The van der Waals surface area contributed by atoms with E-state index in [1.165, 1.54) is 99.3 Å². The fourth-order valence-electron chi connectivity index (χ4n) is 14.8. The van der Waals surface area contributed by atoms with Crippen LogP contribution in [0.3, 0.4) is 0 Å². The van der Waals surface area contributed by atoms with Crippen LogP contribution < -0.4 is 0 Å². The first-order valence-corrected chi connectivity index (χ1v) is 39.7. The molecular weight excluding hydrogens is 1500 g/mol. The fourth-order valence-corrected chi connectivity index (χ4v) is 20.2. The number of benzene rings is 14. The zero-order valence-corrected chi connectivity index (χ0v) is 63.3. The highest BCUT2D eigenvalue weighted by Gasteiger charge is 2.22. The van der Waals surface area contributed by atoms with Crippen LogP contribution in [0.15, 0.2) is 308 Å². The maximum absolute atomic E-state index is 6.32. The predicted octanol–water partition coefficient (Wildman–Crippen LogP) is 28.8. The van der Waals surface area contributed by atoms with E-state index in [1.54, 1.807) is 34.0 Å². The van der Waals surface area contributed by atoms with Gasteiger partial charge in [0.05, 0.1) is 28.2 Å². The molecule has 0 spiro atoms. The summed E-state index contributed by atoms with van der Waals surface area (Å²) in [5, 5.41) is 21.9. The third kappa shape index (κ3) is 12.3. The van der Waals surface area contributed by atoms with Gasteiger partial charge in [0.2, 0.25) is 26.8 Å². The Bertz CT molecular complexity index is 7590. The van der Waals surface area contributed by atoms with E-state index >= 15 is 0 Å². The van der Waals surface area contributed by atoms with Crippen LogP contribution in [-0.2, 0) is 0 Å². The molecule has 0 amide bonds. The minimum absolute atomic E-state index is 0.177. The van der Waals surface area contributed by atoms with E-state index in [4.69, 9.17) is 50.8 Å². The number of hydrogen-bond acceptors (Lipinski definition) is 13. The van der Waals surface area contributed by atoms with Crippen LogP contribution >= 0.6 is 91.8 Å². The third-order valence-corrected chi connectivity index (χ3v) is 24.8. The standard InChI is InChI=1S/C26H15ClN2O.C24H13ClN2S.C22H11ClN2S2.C20H11ClN2S/c27-26-28-24(23-21-8-4-5-9-22(21)30-25(23)29-26)20-13-12-18-14-17(10-11-19(18)15-20)16-6-2-1-3-7-16;25-24-26-21(17-10-9-14-5-1-2-7-16(14)13-17)20-19-12-11-15-6-3-4-8-18(15)22(19)28-23(20)27-24;23-22-24-20(19-15-6-2-4-8-17(15)27-21(19)25-22)12-9-10-14-13-5-1-3-7-16(13)26-18(14)11-12;21-20-22-18(13-7-2-1-3-8-13)17-16-14-9-5-4-6-12(14)10-11-15(16)24-19(17)23-20/h1-15H;1-13H;1-11H;1-11H. The molecule has 0 bridgehead atoms. The average Bonchev–Trinajstić information content (AvgIpc) is 1.60. The average molecular weight is 1550 g/mol. The topological polar surface area (TPSA) is 116 Å². The van der Waals surface area contributed by atoms with Crippen LogP contribution in [0.4, 0.5) is 0 Å². The number of nitrogens with zero attached hydrogens (tertiary/aromatic N) is 8. The highest BCUT2D eigenvalue weighted by atomic mass is 35.5. The van der Waals surface area contributed by atoms with Crippen molar-refractivity contribution >= 4 is 238 Å². The Morgan fingerprint density at radius 3 is 1.34 bits per heavy atom. The van der Waals surface area contributed by atoms with E-state index in [0.717, 1.165) is 97.4 Å². The summed E-state index contributed by atoms with van der Waals surface area (Å²) in [7, 11) is 0. The molecule has 23 rings (SSSR count). The molecule has 9 nitrogen and oxygen atoms in total. The van der Waals surface area contributed by atoms with Gasteiger partial charge in [0.1, 0.15) is 20.1 Å². The Morgan fingerprint density at radius 2 is 0.642 bits per heavy atom. The number of rotatable bonds is 5.